The molecule has 1 aromatic carbocycles. The number of nitrogens with one attached hydrogen (secondary N) is 1. The molecular weight excluding hydrogens is 258 g/mol. The number of imidazole rings is 1. The first kappa shape index (κ1) is 14.1. The highest BCUT2D eigenvalue weighted by Gasteiger charge is 2.02. The molecule has 0 aliphatic rings. The first-order valence-corrected chi connectivity index (χ1v) is 6.33. The van der Waals surface area contributed by atoms with Gasteiger partial charge in [0.1, 0.15) is 0 Å². The summed E-state index contributed by atoms with van der Waals surface area (Å²) >= 11 is 0. The summed E-state index contributed by atoms with van der Waals surface area (Å²) in [6.07, 6.45) is 3.55. The first-order chi connectivity index (χ1) is 9.67. The number of carbonyl (C=O) groups is 1. The molecule has 20 heavy (non-hydrogen) atoms. The van der Waals surface area contributed by atoms with E-state index in [-0.39, 0.29) is 13.0 Å². The number of benzene rings is 1. The number of carboxylic acid groups (broad SMARTS) is 1. The summed E-state index contributed by atoms with van der Waals surface area (Å²) in [7, 11) is 0. The Labute approximate surface area is 116 Å². The molecule has 0 saturated carbocycles. The van der Waals surface area contributed by atoms with Crippen LogP contribution in [0.4, 0.5) is 5.69 Å². The van der Waals surface area contributed by atoms with E-state index in [2.05, 4.69) is 10.3 Å². The fourth-order valence-electron chi connectivity index (χ4n) is 1.89. The lowest BCUT2D eigenvalue weighted by Crippen LogP contribution is -2.03. The third-order valence-corrected chi connectivity index (χ3v) is 2.80. The molecule has 0 aliphatic heterocycles. The predicted octanol–water partition coefficient (Wildman–Crippen LogP) is 1.11. The number of carboxylic acids is 1. The second-order valence-corrected chi connectivity index (χ2v) is 4.45. The molecule has 0 radical (unpaired) electrons. The topological polar surface area (TPSA) is 87.4 Å². The van der Waals surface area contributed by atoms with Crippen LogP contribution in [-0.2, 0) is 24.3 Å². The Morgan fingerprint density at radius 2 is 2.25 bits per heavy atom. The quantitative estimate of drug-likeness (QED) is 0.704. The number of nitrogens with zero attached hydrogens (tertiary/aromatic N) is 2. The van der Waals surface area contributed by atoms with E-state index in [1.54, 1.807) is 12.4 Å². The van der Waals surface area contributed by atoms with Gasteiger partial charge >= 0.3 is 5.97 Å². The zero-order valence-electron chi connectivity index (χ0n) is 11.0. The lowest BCUT2D eigenvalue weighted by molar-refractivity contribution is -0.136. The van der Waals surface area contributed by atoms with Gasteiger partial charge in [-0.1, -0.05) is 12.1 Å². The molecule has 106 valence electrons. The molecule has 0 unspecified atom stereocenters. The second kappa shape index (κ2) is 6.72. The summed E-state index contributed by atoms with van der Waals surface area (Å²) in [5, 5.41) is 20.8. The SMILES string of the molecule is O=C(O)Cc1cccc(NCc2cn(CCO)cn2)c1. The summed E-state index contributed by atoms with van der Waals surface area (Å²) in [4.78, 5) is 14.9. The van der Waals surface area contributed by atoms with Gasteiger partial charge in [-0.15, -0.1) is 0 Å². The Kier molecular flexibility index (Phi) is 4.73. The van der Waals surface area contributed by atoms with E-state index >= 15 is 0 Å². The molecule has 6 heteroatoms. The molecule has 0 fully saturated rings. The highest BCUT2D eigenvalue weighted by atomic mass is 16.4. The molecule has 0 spiro atoms. The third kappa shape index (κ3) is 4.10. The van der Waals surface area contributed by atoms with Crippen molar-refractivity contribution in [3.05, 3.63) is 48.0 Å². The number of rotatable bonds is 7. The van der Waals surface area contributed by atoms with Crippen LogP contribution in [0.2, 0.25) is 0 Å². The van der Waals surface area contributed by atoms with Gasteiger partial charge in [0, 0.05) is 18.4 Å². The Balaban J connectivity index is 1.94. The van der Waals surface area contributed by atoms with Crippen molar-refractivity contribution in [3.63, 3.8) is 0 Å². The predicted molar refractivity (Wildman–Crippen MR) is 74.4 cm³/mol. The number of hydrogen-bond acceptors (Lipinski definition) is 4. The molecule has 0 saturated heterocycles. The van der Waals surface area contributed by atoms with Gasteiger partial charge in [0.2, 0.25) is 0 Å². The lowest BCUT2D eigenvalue weighted by Gasteiger charge is -2.06. The van der Waals surface area contributed by atoms with Crippen LogP contribution in [0.15, 0.2) is 36.8 Å². The lowest BCUT2D eigenvalue weighted by atomic mass is 10.1. The highest BCUT2D eigenvalue weighted by Crippen LogP contribution is 2.12. The summed E-state index contributed by atoms with van der Waals surface area (Å²) in [6.45, 7) is 1.16. The fraction of sp³-hybridized carbons (Fsp3) is 0.286. The molecule has 2 aromatic rings. The number of aliphatic hydroxyl groups excluding tert-OH is 1. The number of hydrogen-bond donors (Lipinski definition) is 3. The van der Waals surface area contributed by atoms with Crippen LogP contribution in [-0.4, -0.2) is 32.3 Å². The van der Waals surface area contributed by atoms with Crippen LogP contribution in [0.3, 0.4) is 0 Å². The number of aromatic nitrogens is 2. The van der Waals surface area contributed by atoms with Gasteiger partial charge in [-0.05, 0) is 17.7 Å². The van der Waals surface area contributed by atoms with E-state index in [1.165, 1.54) is 0 Å². The Morgan fingerprint density at radius 3 is 3.00 bits per heavy atom. The molecule has 0 amide bonds. The highest BCUT2D eigenvalue weighted by molar-refractivity contribution is 5.70. The van der Waals surface area contributed by atoms with Gasteiger partial charge < -0.3 is 20.1 Å². The average Bonchev–Trinajstić information content (AvgIpc) is 2.84. The normalized spacial score (nSPS) is 10.4. The van der Waals surface area contributed by atoms with E-state index in [0.29, 0.717) is 13.1 Å². The van der Waals surface area contributed by atoms with Crippen molar-refractivity contribution in [1.29, 1.82) is 0 Å². The van der Waals surface area contributed by atoms with Crippen molar-refractivity contribution in [3.8, 4) is 0 Å². The Morgan fingerprint density at radius 1 is 1.40 bits per heavy atom. The van der Waals surface area contributed by atoms with E-state index in [9.17, 15) is 4.79 Å². The minimum absolute atomic E-state index is 0.0145. The van der Waals surface area contributed by atoms with Crippen LogP contribution >= 0.6 is 0 Å². The van der Waals surface area contributed by atoms with Gasteiger partial charge in [-0.2, -0.15) is 0 Å². The summed E-state index contributed by atoms with van der Waals surface area (Å²) < 4.78 is 1.82. The smallest absolute Gasteiger partial charge is 0.307 e. The van der Waals surface area contributed by atoms with Crippen molar-refractivity contribution in [2.24, 2.45) is 0 Å². The summed E-state index contributed by atoms with van der Waals surface area (Å²) in [5.41, 5.74) is 2.48. The largest absolute Gasteiger partial charge is 0.481 e. The summed E-state index contributed by atoms with van der Waals surface area (Å²) in [6, 6.07) is 7.31. The van der Waals surface area contributed by atoms with Crippen molar-refractivity contribution in [2.75, 3.05) is 11.9 Å². The number of anilines is 1. The average molecular weight is 275 g/mol. The Bertz CT molecular complexity index is 581. The molecule has 1 heterocycles. The third-order valence-electron chi connectivity index (χ3n) is 2.80. The number of aliphatic carboxylic acids is 1. The van der Waals surface area contributed by atoms with Crippen LogP contribution in [0.5, 0.6) is 0 Å². The van der Waals surface area contributed by atoms with E-state index in [4.69, 9.17) is 10.2 Å². The van der Waals surface area contributed by atoms with Crippen molar-refractivity contribution in [2.45, 2.75) is 19.5 Å². The molecule has 1 aromatic heterocycles. The van der Waals surface area contributed by atoms with E-state index in [0.717, 1.165) is 16.9 Å². The van der Waals surface area contributed by atoms with E-state index in [1.807, 2.05) is 29.0 Å². The van der Waals surface area contributed by atoms with Crippen LogP contribution in [0.1, 0.15) is 11.3 Å². The zero-order chi connectivity index (χ0) is 14.4. The van der Waals surface area contributed by atoms with Crippen LogP contribution < -0.4 is 5.32 Å². The summed E-state index contributed by atoms with van der Waals surface area (Å²) in [5.74, 6) is -0.843. The van der Waals surface area contributed by atoms with Crippen LogP contribution in [0, 0.1) is 0 Å². The van der Waals surface area contributed by atoms with Crippen LogP contribution in [0.25, 0.3) is 0 Å². The van der Waals surface area contributed by atoms with Gasteiger partial charge in [0.15, 0.2) is 0 Å². The van der Waals surface area contributed by atoms with E-state index < -0.39 is 5.97 Å². The van der Waals surface area contributed by atoms with Crippen molar-refractivity contribution in [1.82, 2.24) is 9.55 Å². The van der Waals surface area contributed by atoms with Crippen molar-refractivity contribution >= 4 is 11.7 Å². The van der Waals surface area contributed by atoms with Gasteiger partial charge in [-0.3, -0.25) is 4.79 Å². The Hall–Kier alpha value is -2.34. The fourth-order valence-corrected chi connectivity index (χ4v) is 1.89. The maximum absolute atomic E-state index is 10.7. The monoisotopic (exact) mass is 275 g/mol. The molecule has 0 atom stereocenters. The van der Waals surface area contributed by atoms with Gasteiger partial charge in [0.25, 0.3) is 0 Å². The maximum atomic E-state index is 10.7. The van der Waals surface area contributed by atoms with Crippen molar-refractivity contribution < 1.29 is 15.0 Å². The molecule has 0 bridgehead atoms. The second-order valence-electron chi connectivity index (χ2n) is 4.45. The molecule has 3 N–H and O–H groups in total. The zero-order valence-corrected chi connectivity index (χ0v) is 11.0. The minimum atomic E-state index is -0.843. The molecule has 6 nitrogen and oxygen atoms in total. The molecular formula is C14H17N3O3. The van der Waals surface area contributed by atoms with Gasteiger partial charge in [0.05, 0.1) is 31.6 Å². The minimum Gasteiger partial charge on any atom is -0.481 e. The van der Waals surface area contributed by atoms with Gasteiger partial charge in [-0.25, -0.2) is 4.98 Å². The molecule has 2 rings (SSSR count). The standard InChI is InChI=1S/C14H17N3O3/c18-5-4-17-9-13(16-10-17)8-15-12-3-1-2-11(6-12)7-14(19)20/h1-3,6,9-10,15,18H,4-5,7-8H2,(H,19,20). The maximum Gasteiger partial charge on any atom is 0.307 e. The number of aliphatic hydroxyl groups is 1. The molecule has 0 aliphatic carbocycles. The first-order valence-electron chi connectivity index (χ1n) is 6.33.